The fraction of sp³-hybridized carbons (Fsp3) is 0.556. The van der Waals surface area contributed by atoms with Gasteiger partial charge in [-0.15, -0.1) is 10.2 Å². The summed E-state index contributed by atoms with van der Waals surface area (Å²) in [7, 11) is 1.43. The number of nitrogens with zero attached hydrogens (tertiary/aromatic N) is 5. The van der Waals surface area contributed by atoms with Gasteiger partial charge in [-0.2, -0.15) is 0 Å². The number of esters is 1. The maximum absolute atomic E-state index is 12.3. The first-order valence-corrected chi connectivity index (χ1v) is 8.73. The molecule has 0 aromatic carbocycles. The van der Waals surface area contributed by atoms with Crippen molar-refractivity contribution in [2.45, 2.75) is 44.7 Å². The van der Waals surface area contributed by atoms with Crippen molar-refractivity contribution in [1.82, 2.24) is 24.6 Å². The van der Waals surface area contributed by atoms with Crippen LogP contribution in [0.4, 0.5) is 0 Å². The number of likely N-dealkylation sites (tertiary alicyclic amines) is 1. The van der Waals surface area contributed by atoms with Gasteiger partial charge in [-0.25, -0.2) is 4.79 Å². The zero-order valence-electron chi connectivity index (χ0n) is 15.0. The van der Waals surface area contributed by atoms with Gasteiger partial charge in [-0.3, -0.25) is 9.88 Å². The van der Waals surface area contributed by atoms with Crippen molar-refractivity contribution in [3.8, 4) is 0 Å². The minimum Gasteiger partial charge on any atom is -0.468 e. The zero-order chi connectivity index (χ0) is 17.8. The predicted molar refractivity (Wildman–Crippen MR) is 92.9 cm³/mol. The second-order valence-corrected chi connectivity index (χ2v) is 6.71. The molecule has 0 amide bonds. The van der Waals surface area contributed by atoms with Crippen LogP contribution in [-0.4, -0.2) is 50.8 Å². The summed E-state index contributed by atoms with van der Waals surface area (Å²) in [6.07, 6.45) is 7.14. The number of piperidine rings is 1. The number of ether oxygens (including phenoxy) is 1. The Balaban J connectivity index is 1.73. The van der Waals surface area contributed by atoms with Crippen LogP contribution in [0.3, 0.4) is 0 Å². The maximum atomic E-state index is 12.3. The van der Waals surface area contributed by atoms with Gasteiger partial charge >= 0.3 is 5.97 Å². The van der Waals surface area contributed by atoms with Gasteiger partial charge in [0.15, 0.2) is 0 Å². The van der Waals surface area contributed by atoms with E-state index in [0.717, 1.165) is 37.3 Å². The Hall–Kier alpha value is -2.28. The number of methoxy groups -OCH3 is 1. The van der Waals surface area contributed by atoms with E-state index in [0.29, 0.717) is 12.0 Å². The molecule has 0 saturated carbocycles. The van der Waals surface area contributed by atoms with Gasteiger partial charge in [0, 0.05) is 24.4 Å². The summed E-state index contributed by atoms with van der Waals surface area (Å²) in [5, 5.41) is 8.41. The summed E-state index contributed by atoms with van der Waals surface area (Å²) < 4.78 is 7.17. The third kappa shape index (κ3) is 3.71. The predicted octanol–water partition coefficient (Wildman–Crippen LogP) is 2.35. The quantitative estimate of drug-likeness (QED) is 0.776. The van der Waals surface area contributed by atoms with Crippen LogP contribution >= 0.6 is 0 Å². The Bertz CT molecular complexity index is 693. The van der Waals surface area contributed by atoms with E-state index in [4.69, 9.17) is 4.74 Å². The van der Waals surface area contributed by atoms with E-state index < -0.39 is 6.04 Å². The van der Waals surface area contributed by atoms with Crippen molar-refractivity contribution in [1.29, 1.82) is 0 Å². The SMILES string of the molecule is COC(=O)[C@H](c1cccnc1)N1CCC(c2nncn2C(C)C)CC1. The molecule has 0 radical (unpaired) electrons. The van der Waals surface area contributed by atoms with Crippen molar-refractivity contribution in [2.75, 3.05) is 20.2 Å². The molecule has 2 aromatic heterocycles. The standard InChI is InChI=1S/C18H25N5O2/c1-13(2)23-12-20-21-17(23)14-6-9-22(10-7-14)16(18(24)25-3)15-5-4-8-19-11-15/h4-5,8,11-14,16H,6-7,9-10H2,1-3H3/t16-/m0/s1. The second-order valence-electron chi connectivity index (χ2n) is 6.71. The molecule has 3 heterocycles. The Labute approximate surface area is 148 Å². The lowest BCUT2D eigenvalue weighted by atomic mass is 9.93. The molecule has 0 N–H and O–H groups in total. The molecule has 3 rings (SSSR count). The lowest BCUT2D eigenvalue weighted by molar-refractivity contribution is -0.147. The number of pyridine rings is 1. The van der Waals surface area contributed by atoms with Crippen molar-refractivity contribution in [3.63, 3.8) is 0 Å². The van der Waals surface area contributed by atoms with E-state index >= 15 is 0 Å². The zero-order valence-corrected chi connectivity index (χ0v) is 15.0. The highest BCUT2D eigenvalue weighted by Crippen LogP contribution is 2.32. The summed E-state index contributed by atoms with van der Waals surface area (Å²) in [4.78, 5) is 18.7. The molecule has 25 heavy (non-hydrogen) atoms. The van der Waals surface area contributed by atoms with E-state index in [2.05, 4.69) is 38.5 Å². The van der Waals surface area contributed by atoms with Crippen LogP contribution in [0, 0.1) is 0 Å². The number of hydrogen-bond acceptors (Lipinski definition) is 6. The Morgan fingerprint density at radius 3 is 2.68 bits per heavy atom. The smallest absolute Gasteiger partial charge is 0.327 e. The van der Waals surface area contributed by atoms with Crippen molar-refractivity contribution >= 4 is 5.97 Å². The molecular weight excluding hydrogens is 318 g/mol. The summed E-state index contributed by atoms with van der Waals surface area (Å²) in [5.74, 6) is 1.18. The first-order valence-electron chi connectivity index (χ1n) is 8.73. The molecule has 2 aromatic rings. The Morgan fingerprint density at radius 2 is 2.08 bits per heavy atom. The molecule has 1 saturated heterocycles. The monoisotopic (exact) mass is 343 g/mol. The molecule has 0 aliphatic carbocycles. The number of carbonyl (C=O) groups is 1. The van der Waals surface area contributed by atoms with Crippen LogP contribution in [0.15, 0.2) is 30.9 Å². The molecule has 1 aliphatic heterocycles. The highest BCUT2D eigenvalue weighted by atomic mass is 16.5. The third-order valence-corrected chi connectivity index (χ3v) is 4.84. The van der Waals surface area contributed by atoms with E-state index in [1.54, 1.807) is 18.7 Å². The van der Waals surface area contributed by atoms with Crippen molar-refractivity contribution in [3.05, 3.63) is 42.2 Å². The normalized spacial score (nSPS) is 17.6. The molecule has 0 bridgehead atoms. The average Bonchev–Trinajstić information content (AvgIpc) is 3.13. The second kappa shape index (κ2) is 7.74. The summed E-state index contributed by atoms with van der Waals surface area (Å²) in [6, 6.07) is 3.73. The summed E-state index contributed by atoms with van der Waals surface area (Å²) in [6.45, 7) is 5.89. The largest absolute Gasteiger partial charge is 0.468 e. The fourth-order valence-electron chi connectivity index (χ4n) is 3.50. The molecule has 7 nitrogen and oxygen atoms in total. The molecule has 134 valence electrons. The first-order chi connectivity index (χ1) is 12.1. The van der Waals surface area contributed by atoms with Crippen LogP contribution in [0.5, 0.6) is 0 Å². The van der Waals surface area contributed by atoms with Crippen LogP contribution in [0.2, 0.25) is 0 Å². The van der Waals surface area contributed by atoms with Gasteiger partial charge in [0.25, 0.3) is 0 Å². The number of rotatable bonds is 5. The van der Waals surface area contributed by atoms with Gasteiger partial charge in [-0.05, 0) is 51.4 Å². The molecule has 0 unspecified atom stereocenters. The lowest BCUT2D eigenvalue weighted by Crippen LogP contribution is -2.40. The van der Waals surface area contributed by atoms with Gasteiger partial charge in [0.05, 0.1) is 7.11 Å². The average molecular weight is 343 g/mol. The summed E-state index contributed by atoms with van der Waals surface area (Å²) in [5.41, 5.74) is 0.873. The third-order valence-electron chi connectivity index (χ3n) is 4.84. The molecule has 1 aliphatic rings. The number of carbonyl (C=O) groups excluding carboxylic acids is 1. The van der Waals surface area contributed by atoms with E-state index in [-0.39, 0.29) is 5.97 Å². The maximum Gasteiger partial charge on any atom is 0.327 e. The highest BCUT2D eigenvalue weighted by molar-refractivity contribution is 5.77. The molecule has 0 spiro atoms. The Kier molecular flexibility index (Phi) is 5.43. The number of aromatic nitrogens is 4. The first kappa shape index (κ1) is 17.5. The van der Waals surface area contributed by atoms with Crippen molar-refractivity contribution in [2.24, 2.45) is 0 Å². The van der Waals surface area contributed by atoms with Crippen LogP contribution in [-0.2, 0) is 9.53 Å². The molecular formula is C18H25N5O2. The van der Waals surface area contributed by atoms with Gasteiger partial charge < -0.3 is 9.30 Å². The molecule has 1 atom stereocenters. The lowest BCUT2D eigenvalue weighted by Gasteiger charge is -2.36. The van der Waals surface area contributed by atoms with Gasteiger partial charge in [0.1, 0.15) is 18.2 Å². The highest BCUT2D eigenvalue weighted by Gasteiger charge is 2.33. The topological polar surface area (TPSA) is 73.1 Å². The van der Waals surface area contributed by atoms with Gasteiger partial charge in [-0.1, -0.05) is 6.07 Å². The number of hydrogen-bond donors (Lipinski definition) is 0. The van der Waals surface area contributed by atoms with Crippen LogP contribution < -0.4 is 0 Å². The van der Waals surface area contributed by atoms with E-state index in [9.17, 15) is 4.79 Å². The fourth-order valence-corrected chi connectivity index (χ4v) is 3.50. The van der Waals surface area contributed by atoms with Crippen LogP contribution in [0.1, 0.15) is 56.1 Å². The minimum absolute atomic E-state index is 0.239. The van der Waals surface area contributed by atoms with Gasteiger partial charge in [0.2, 0.25) is 0 Å². The molecule has 1 fully saturated rings. The Morgan fingerprint density at radius 1 is 1.32 bits per heavy atom. The van der Waals surface area contributed by atoms with Crippen molar-refractivity contribution < 1.29 is 9.53 Å². The van der Waals surface area contributed by atoms with Crippen LogP contribution in [0.25, 0.3) is 0 Å². The van der Waals surface area contributed by atoms with E-state index in [1.165, 1.54) is 7.11 Å². The minimum atomic E-state index is -0.400. The van der Waals surface area contributed by atoms with E-state index in [1.807, 2.05) is 12.1 Å². The molecule has 7 heteroatoms. The summed E-state index contributed by atoms with van der Waals surface area (Å²) >= 11 is 0.